The molecule has 2 atom stereocenters. The highest BCUT2D eigenvalue weighted by Crippen LogP contribution is 2.52. The average Bonchev–Trinajstić information content (AvgIpc) is 3.33. The fraction of sp³-hybridized carbons (Fsp3) is 0.433. The van der Waals surface area contributed by atoms with E-state index in [1.807, 2.05) is 6.07 Å². The quantitative estimate of drug-likeness (QED) is 0.452. The summed E-state index contributed by atoms with van der Waals surface area (Å²) in [7, 11) is 1.54. The summed E-state index contributed by atoms with van der Waals surface area (Å²) in [5, 5.41) is 4.52. The minimum Gasteiger partial charge on any atom is -0.375 e. The van der Waals surface area contributed by atoms with Crippen LogP contribution in [-0.2, 0) is 26.2 Å². The minimum absolute atomic E-state index is 0.0386. The molecule has 0 unspecified atom stereocenters. The minimum atomic E-state index is -0.200. The molecule has 5 rings (SSSR count). The van der Waals surface area contributed by atoms with Gasteiger partial charge in [0.2, 0.25) is 5.91 Å². The summed E-state index contributed by atoms with van der Waals surface area (Å²) in [4.78, 5) is 18.8. The number of carbonyl (C=O) groups is 1. The van der Waals surface area contributed by atoms with Gasteiger partial charge in [-0.3, -0.25) is 9.69 Å². The normalized spacial score (nSPS) is 21.1. The molecular weight excluding hydrogens is 450 g/mol. The van der Waals surface area contributed by atoms with Crippen molar-refractivity contribution in [3.05, 3.63) is 83.1 Å². The first-order valence-corrected chi connectivity index (χ1v) is 12.9. The molecule has 1 aliphatic heterocycles. The number of aromatic amines is 1. The van der Waals surface area contributed by atoms with Crippen molar-refractivity contribution in [3.8, 4) is 0 Å². The van der Waals surface area contributed by atoms with Crippen LogP contribution in [-0.4, -0.2) is 55.3 Å². The predicted molar refractivity (Wildman–Crippen MR) is 143 cm³/mol. The number of hydrogen-bond donors (Lipinski definition) is 2. The van der Waals surface area contributed by atoms with Crippen LogP contribution in [0.2, 0.25) is 0 Å². The smallest absolute Gasteiger partial charge is 0.246 e. The molecule has 1 amide bonds. The number of ether oxygens (including phenoxy) is 2. The fourth-order valence-corrected chi connectivity index (χ4v) is 6.38. The van der Waals surface area contributed by atoms with Crippen LogP contribution in [0.25, 0.3) is 10.9 Å². The third kappa shape index (κ3) is 4.27. The van der Waals surface area contributed by atoms with Crippen molar-refractivity contribution >= 4 is 16.8 Å². The van der Waals surface area contributed by atoms with E-state index in [0.29, 0.717) is 6.61 Å². The third-order valence-corrected chi connectivity index (χ3v) is 8.20. The molecule has 0 radical (unpaired) electrons. The van der Waals surface area contributed by atoms with E-state index in [1.165, 1.54) is 33.3 Å². The van der Waals surface area contributed by atoms with E-state index < -0.39 is 0 Å². The van der Waals surface area contributed by atoms with Crippen molar-refractivity contribution in [2.45, 2.75) is 50.8 Å². The largest absolute Gasteiger partial charge is 0.375 e. The van der Waals surface area contributed by atoms with E-state index in [4.69, 9.17) is 9.47 Å². The highest BCUT2D eigenvalue weighted by Gasteiger charge is 2.54. The van der Waals surface area contributed by atoms with Crippen molar-refractivity contribution in [1.29, 1.82) is 0 Å². The van der Waals surface area contributed by atoms with Crippen LogP contribution in [0.15, 0.2) is 55.1 Å². The van der Waals surface area contributed by atoms with Crippen molar-refractivity contribution < 1.29 is 14.3 Å². The van der Waals surface area contributed by atoms with Crippen LogP contribution in [0.4, 0.5) is 0 Å². The maximum Gasteiger partial charge on any atom is 0.246 e. The van der Waals surface area contributed by atoms with Crippen LogP contribution in [0.5, 0.6) is 0 Å². The molecule has 2 aromatic carbocycles. The second kappa shape index (κ2) is 10.2. The number of para-hydroxylation sites is 1. The topological polar surface area (TPSA) is 66.6 Å². The molecule has 1 aromatic heterocycles. The summed E-state index contributed by atoms with van der Waals surface area (Å²) < 4.78 is 11.5. The first kappa shape index (κ1) is 24.8. The Morgan fingerprint density at radius 2 is 1.97 bits per heavy atom. The van der Waals surface area contributed by atoms with Gasteiger partial charge in [-0.2, -0.15) is 0 Å². The number of nitrogens with zero attached hydrogens (tertiary/aromatic N) is 1. The number of fused-ring (bicyclic) bond motifs is 3. The highest BCUT2D eigenvalue weighted by atomic mass is 16.5. The van der Waals surface area contributed by atoms with Crippen LogP contribution in [0.1, 0.15) is 46.8 Å². The predicted octanol–water partition coefficient (Wildman–Crippen LogP) is 4.71. The number of piperidine rings is 1. The highest BCUT2D eigenvalue weighted by molar-refractivity contribution is 5.87. The molecule has 0 bridgehead atoms. The Morgan fingerprint density at radius 1 is 1.19 bits per heavy atom. The molecule has 36 heavy (non-hydrogen) atoms. The Labute approximate surface area is 213 Å². The van der Waals surface area contributed by atoms with E-state index in [9.17, 15) is 4.79 Å². The maximum absolute atomic E-state index is 12.6. The second-order valence-corrected chi connectivity index (χ2v) is 10.3. The molecule has 1 aliphatic carbocycles. The van der Waals surface area contributed by atoms with Crippen molar-refractivity contribution in [1.82, 2.24) is 15.2 Å². The van der Waals surface area contributed by atoms with Gasteiger partial charge >= 0.3 is 0 Å². The van der Waals surface area contributed by atoms with Gasteiger partial charge < -0.3 is 19.8 Å². The molecule has 6 heteroatoms. The number of amides is 1. The number of benzene rings is 2. The molecule has 2 N–H and O–H groups in total. The van der Waals surface area contributed by atoms with E-state index in [1.54, 1.807) is 13.2 Å². The number of H-pyrrole nitrogens is 1. The zero-order chi connectivity index (χ0) is 25.3. The number of carbonyl (C=O) groups excluding carboxylic acids is 1. The zero-order valence-corrected chi connectivity index (χ0v) is 21.6. The molecule has 190 valence electrons. The Bertz CT molecular complexity index is 1260. The van der Waals surface area contributed by atoms with Gasteiger partial charge in [0.1, 0.15) is 6.61 Å². The summed E-state index contributed by atoms with van der Waals surface area (Å²) in [6.07, 6.45) is 3.59. The van der Waals surface area contributed by atoms with Crippen molar-refractivity contribution in [2.75, 3.05) is 33.4 Å². The molecule has 6 nitrogen and oxygen atoms in total. The van der Waals surface area contributed by atoms with E-state index >= 15 is 0 Å². The summed E-state index contributed by atoms with van der Waals surface area (Å²) in [5.41, 5.74) is 7.49. The molecule has 1 saturated heterocycles. The zero-order valence-electron chi connectivity index (χ0n) is 21.6. The average molecular weight is 488 g/mol. The van der Waals surface area contributed by atoms with Crippen LogP contribution in [0.3, 0.4) is 0 Å². The summed E-state index contributed by atoms with van der Waals surface area (Å²) in [6, 6.07) is 14.8. The van der Waals surface area contributed by atoms with Crippen LogP contribution in [0, 0.1) is 13.8 Å². The van der Waals surface area contributed by atoms with E-state index in [2.05, 4.69) is 72.0 Å². The SMILES string of the molecule is C=CCO[C@H]1[C@H](NC(=O)COC)c2ccccc2C12CCN(Cc1[nH]c3c(C)cccc3c1C)CC2. The van der Waals surface area contributed by atoms with Gasteiger partial charge in [-0.05, 0) is 62.0 Å². The lowest BCUT2D eigenvalue weighted by molar-refractivity contribution is -0.127. The number of aryl methyl sites for hydroxylation is 2. The summed E-state index contributed by atoms with van der Waals surface area (Å²) in [5.74, 6) is -0.122. The van der Waals surface area contributed by atoms with Gasteiger partial charge in [-0.15, -0.1) is 6.58 Å². The molecule has 3 aromatic rings. The number of aromatic nitrogens is 1. The van der Waals surface area contributed by atoms with Gasteiger partial charge in [0, 0.05) is 35.7 Å². The van der Waals surface area contributed by atoms with Crippen molar-refractivity contribution in [3.63, 3.8) is 0 Å². The summed E-state index contributed by atoms with van der Waals surface area (Å²) >= 11 is 0. The van der Waals surface area contributed by atoms with Crippen molar-refractivity contribution in [2.24, 2.45) is 0 Å². The van der Waals surface area contributed by atoms with Gasteiger partial charge in [0.15, 0.2) is 0 Å². The summed E-state index contributed by atoms with van der Waals surface area (Å²) in [6.45, 7) is 11.6. The van der Waals surface area contributed by atoms with E-state index in [-0.39, 0.29) is 30.1 Å². The molecular formula is C30H37N3O3. The Kier molecular flexibility index (Phi) is 7.02. The lowest BCUT2D eigenvalue weighted by Gasteiger charge is -2.44. The molecule has 2 heterocycles. The number of methoxy groups -OCH3 is 1. The first-order valence-electron chi connectivity index (χ1n) is 12.9. The van der Waals surface area contributed by atoms with Gasteiger partial charge in [0.05, 0.1) is 18.8 Å². The Balaban J connectivity index is 1.40. The second-order valence-electron chi connectivity index (χ2n) is 10.3. The monoisotopic (exact) mass is 487 g/mol. The molecule has 1 spiro atoms. The third-order valence-electron chi connectivity index (χ3n) is 8.20. The lowest BCUT2D eigenvalue weighted by Crippen LogP contribution is -2.51. The van der Waals surface area contributed by atoms with E-state index in [0.717, 1.165) is 38.0 Å². The van der Waals surface area contributed by atoms with Gasteiger partial charge in [0.25, 0.3) is 0 Å². The molecule has 0 saturated carbocycles. The van der Waals surface area contributed by atoms with Gasteiger partial charge in [-0.1, -0.05) is 48.5 Å². The first-order chi connectivity index (χ1) is 17.5. The Hall–Kier alpha value is -2.93. The number of hydrogen-bond acceptors (Lipinski definition) is 4. The fourth-order valence-electron chi connectivity index (χ4n) is 6.38. The van der Waals surface area contributed by atoms with Crippen LogP contribution >= 0.6 is 0 Å². The standard InChI is InChI=1S/C30H37N3O3/c1-5-17-36-29-28(32-26(34)19-35-4)23-10-6-7-12-24(23)30(29)13-15-33(16-14-30)18-25-21(3)22-11-8-9-20(2)27(22)31-25/h5-12,28-29,31H,1,13-19H2,2-4H3,(H,32,34)/t28-,29+/m1/s1. The number of rotatable bonds is 8. The maximum atomic E-state index is 12.6. The number of nitrogens with one attached hydrogen (secondary N) is 2. The lowest BCUT2D eigenvalue weighted by atomic mass is 9.71. The Morgan fingerprint density at radius 3 is 2.69 bits per heavy atom. The molecule has 2 aliphatic rings. The van der Waals surface area contributed by atoms with Crippen LogP contribution < -0.4 is 5.32 Å². The number of likely N-dealkylation sites (tertiary alicyclic amines) is 1. The van der Waals surface area contributed by atoms with Gasteiger partial charge in [-0.25, -0.2) is 0 Å². The molecule has 1 fully saturated rings.